The van der Waals surface area contributed by atoms with Gasteiger partial charge in [0.05, 0.1) is 11.2 Å². The summed E-state index contributed by atoms with van der Waals surface area (Å²) in [5.41, 5.74) is 3.14. The molecule has 16 heavy (non-hydrogen) atoms. The molecule has 1 fully saturated rings. The largest absolute Gasteiger partial charge is 0.306 e. The van der Waals surface area contributed by atoms with Crippen LogP contribution in [0.25, 0.3) is 0 Å². The Kier molecular flexibility index (Phi) is 3.98. The van der Waals surface area contributed by atoms with Crippen LogP contribution < -0.4 is 5.32 Å². The molecular weight excluding hydrogens is 216 g/mol. The van der Waals surface area contributed by atoms with Crippen molar-refractivity contribution in [3.8, 4) is 0 Å². The molecule has 1 aromatic heterocycles. The van der Waals surface area contributed by atoms with Gasteiger partial charge in [-0.15, -0.1) is 11.3 Å². The van der Waals surface area contributed by atoms with Gasteiger partial charge in [0.1, 0.15) is 0 Å². The molecule has 2 rings (SSSR count). The van der Waals surface area contributed by atoms with Crippen LogP contribution in [0, 0.1) is 12.8 Å². The zero-order valence-electron chi connectivity index (χ0n) is 10.5. The standard InChI is InChI=1S/C13H22N2S/c1-4-11-6-5-7-12(11)15-10(3)13-9(2)14-8-16-13/h8,10-12,15H,4-7H2,1-3H3. The predicted molar refractivity (Wildman–Crippen MR) is 69.8 cm³/mol. The number of aromatic nitrogens is 1. The smallest absolute Gasteiger partial charge is 0.0798 e. The molecule has 0 aliphatic heterocycles. The van der Waals surface area contributed by atoms with Gasteiger partial charge < -0.3 is 5.32 Å². The van der Waals surface area contributed by atoms with E-state index in [9.17, 15) is 0 Å². The van der Waals surface area contributed by atoms with Crippen molar-refractivity contribution in [2.24, 2.45) is 5.92 Å². The lowest BCUT2D eigenvalue weighted by atomic mass is 10.00. The van der Waals surface area contributed by atoms with Gasteiger partial charge in [-0.25, -0.2) is 4.98 Å². The number of hydrogen-bond acceptors (Lipinski definition) is 3. The molecule has 2 nitrogen and oxygen atoms in total. The molecule has 0 spiro atoms. The molecule has 1 saturated carbocycles. The van der Waals surface area contributed by atoms with E-state index in [1.165, 1.54) is 36.3 Å². The summed E-state index contributed by atoms with van der Waals surface area (Å²) in [5.74, 6) is 0.885. The summed E-state index contributed by atoms with van der Waals surface area (Å²) in [6.45, 7) is 6.69. The van der Waals surface area contributed by atoms with Gasteiger partial charge in [-0.1, -0.05) is 19.8 Å². The quantitative estimate of drug-likeness (QED) is 0.865. The van der Waals surface area contributed by atoms with Gasteiger partial charge in [0.2, 0.25) is 0 Å². The van der Waals surface area contributed by atoms with Crippen LogP contribution in [0.4, 0.5) is 0 Å². The van der Waals surface area contributed by atoms with E-state index in [0.29, 0.717) is 6.04 Å². The third-order valence-electron chi connectivity index (χ3n) is 3.82. The highest BCUT2D eigenvalue weighted by Crippen LogP contribution is 2.31. The molecule has 1 aliphatic rings. The van der Waals surface area contributed by atoms with Gasteiger partial charge in [0, 0.05) is 17.0 Å². The fourth-order valence-electron chi connectivity index (χ4n) is 2.87. The first-order valence-electron chi connectivity index (χ1n) is 6.38. The number of thiazole rings is 1. The molecule has 1 aliphatic carbocycles. The fraction of sp³-hybridized carbons (Fsp3) is 0.769. The van der Waals surface area contributed by atoms with Crippen LogP contribution in [0.1, 0.15) is 56.1 Å². The van der Waals surface area contributed by atoms with Crippen LogP contribution in [-0.4, -0.2) is 11.0 Å². The second-order valence-electron chi connectivity index (χ2n) is 4.90. The van der Waals surface area contributed by atoms with Crippen LogP contribution in [-0.2, 0) is 0 Å². The number of nitrogens with one attached hydrogen (secondary N) is 1. The van der Waals surface area contributed by atoms with Crippen molar-refractivity contribution in [1.29, 1.82) is 0 Å². The van der Waals surface area contributed by atoms with Crippen LogP contribution in [0.15, 0.2) is 5.51 Å². The maximum Gasteiger partial charge on any atom is 0.0798 e. The van der Waals surface area contributed by atoms with Gasteiger partial charge in [-0.3, -0.25) is 0 Å². The van der Waals surface area contributed by atoms with Crippen LogP contribution in [0.3, 0.4) is 0 Å². The maximum atomic E-state index is 4.33. The molecule has 0 radical (unpaired) electrons. The Morgan fingerprint density at radius 2 is 2.38 bits per heavy atom. The van der Waals surface area contributed by atoms with Crippen molar-refractivity contribution in [1.82, 2.24) is 10.3 Å². The minimum Gasteiger partial charge on any atom is -0.306 e. The summed E-state index contributed by atoms with van der Waals surface area (Å²) in [6.07, 6.45) is 5.46. The van der Waals surface area contributed by atoms with Gasteiger partial charge in [0.25, 0.3) is 0 Å². The van der Waals surface area contributed by atoms with Crippen molar-refractivity contribution in [3.63, 3.8) is 0 Å². The molecule has 3 unspecified atom stereocenters. The molecule has 3 atom stereocenters. The Bertz CT molecular complexity index is 334. The van der Waals surface area contributed by atoms with E-state index in [-0.39, 0.29) is 0 Å². The van der Waals surface area contributed by atoms with Crippen molar-refractivity contribution in [2.45, 2.75) is 58.5 Å². The first-order chi connectivity index (χ1) is 7.72. The maximum absolute atomic E-state index is 4.33. The SMILES string of the molecule is CCC1CCCC1NC(C)c1scnc1C. The summed E-state index contributed by atoms with van der Waals surface area (Å²) in [7, 11) is 0. The van der Waals surface area contributed by atoms with Gasteiger partial charge in [-0.05, 0) is 32.6 Å². The van der Waals surface area contributed by atoms with E-state index >= 15 is 0 Å². The fourth-order valence-corrected chi connectivity index (χ4v) is 3.69. The zero-order chi connectivity index (χ0) is 11.5. The van der Waals surface area contributed by atoms with E-state index < -0.39 is 0 Å². The van der Waals surface area contributed by atoms with Crippen molar-refractivity contribution < 1.29 is 0 Å². The monoisotopic (exact) mass is 238 g/mol. The highest BCUT2D eigenvalue weighted by Gasteiger charge is 2.27. The minimum absolute atomic E-state index is 0.463. The molecule has 1 N–H and O–H groups in total. The number of rotatable bonds is 4. The molecule has 0 amide bonds. The summed E-state index contributed by atoms with van der Waals surface area (Å²) >= 11 is 1.78. The van der Waals surface area contributed by atoms with Crippen molar-refractivity contribution in [3.05, 3.63) is 16.1 Å². The highest BCUT2D eigenvalue weighted by molar-refractivity contribution is 7.09. The second-order valence-corrected chi connectivity index (χ2v) is 5.78. The van der Waals surface area contributed by atoms with Crippen LogP contribution in [0.5, 0.6) is 0 Å². The molecule has 1 heterocycles. The third-order valence-corrected chi connectivity index (χ3v) is 4.94. The third kappa shape index (κ3) is 2.46. The van der Waals surface area contributed by atoms with Crippen molar-refractivity contribution >= 4 is 11.3 Å². The molecule has 3 heteroatoms. The molecule has 0 bridgehead atoms. The Labute approximate surface area is 102 Å². The Balaban J connectivity index is 1.97. The van der Waals surface area contributed by atoms with E-state index in [2.05, 4.69) is 31.1 Å². The summed E-state index contributed by atoms with van der Waals surface area (Å²) < 4.78 is 0. The van der Waals surface area contributed by atoms with Crippen molar-refractivity contribution in [2.75, 3.05) is 0 Å². The average molecular weight is 238 g/mol. The van der Waals surface area contributed by atoms with E-state index in [1.807, 2.05) is 5.51 Å². The lowest BCUT2D eigenvalue weighted by molar-refractivity contribution is 0.361. The zero-order valence-corrected chi connectivity index (χ0v) is 11.3. The lowest BCUT2D eigenvalue weighted by Gasteiger charge is -2.24. The Hall–Kier alpha value is -0.410. The molecular formula is C13H22N2S. The highest BCUT2D eigenvalue weighted by atomic mass is 32.1. The number of hydrogen-bond donors (Lipinski definition) is 1. The Morgan fingerprint density at radius 3 is 3.00 bits per heavy atom. The topological polar surface area (TPSA) is 24.9 Å². The minimum atomic E-state index is 0.463. The van der Waals surface area contributed by atoms with Gasteiger partial charge in [-0.2, -0.15) is 0 Å². The van der Waals surface area contributed by atoms with E-state index in [4.69, 9.17) is 0 Å². The normalized spacial score (nSPS) is 27.2. The lowest BCUT2D eigenvalue weighted by Crippen LogP contribution is -2.34. The molecule has 0 aromatic carbocycles. The van der Waals surface area contributed by atoms with E-state index in [1.54, 1.807) is 11.3 Å². The Morgan fingerprint density at radius 1 is 1.56 bits per heavy atom. The predicted octanol–water partition coefficient (Wildman–Crippen LogP) is 3.68. The first-order valence-corrected chi connectivity index (χ1v) is 7.26. The number of nitrogens with zero attached hydrogens (tertiary/aromatic N) is 1. The first kappa shape index (κ1) is 12.1. The summed E-state index contributed by atoms with van der Waals surface area (Å²) in [5, 5.41) is 3.79. The second kappa shape index (κ2) is 5.28. The molecule has 0 saturated heterocycles. The summed E-state index contributed by atoms with van der Waals surface area (Å²) in [4.78, 5) is 5.73. The van der Waals surface area contributed by atoms with Crippen LogP contribution in [0.2, 0.25) is 0 Å². The van der Waals surface area contributed by atoms with Gasteiger partial charge >= 0.3 is 0 Å². The molecule has 90 valence electrons. The average Bonchev–Trinajstić information content (AvgIpc) is 2.86. The summed E-state index contributed by atoms with van der Waals surface area (Å²) in [6, 6.07) is 1.19. The molecule has 1 aromatic rings. The van der Waals surface area contributed by atoms with Crippen LogP contribution >= 0.6 is 11.3 Å². The van der Waals surface area contributed by atoms with E-state index in [0.717, 1.165) is 12.0 Å². The van der Waals surface area contributed by atoms with Gasteiger partial charge in [0.15, 0.2) is 0 Å². The number of aryl methyl sites for hydroxylation is 1.